The minimum absolute atomic E-state index is 0. The van der Waals surface area contributed by atoms with Gasteiger partial charge in [0.1, 0.15) is 19.5 Å². The molecule has 0 saturated carbocycles. The summed E-state index contributed by atoms with van der Waals surface area (Å²) in [5.74, 6) is 3.23. The molecule has 7 aromatic rings. The van der Waals surface area contributed by atoms with Crippen molar-refractivity contribution in [1.29, 1.82) is 0 Å². The Morgan fingerprint density at radius 3 is 2.10 bits per heavy atom. The summed E-state index contributed by atoms with van der Waals surface area (Å²) in [6, 6.07) is 21.6. The molecular formula is C48H52K2N8O8Si. The van der Waals surface area contributed by atoms with Crippen LogP contribution in [0, 0.1) is 35.4 Å². The number of nitrogens with one attached hydrogen (secondary N) is 1. The zero-order valence-corrected chi connectivity index (χ0v) is 46.7. The van der Waals surface area contributed by atoms with Crippen molar-refractivity contribution in [3.63, 3.8) is 0 Å². The molecule has 0 aliphatic rings. The Kier molecular flexibility index (Phi) is 24.5. The van der Waals surface area contributed by atoms with E-state index < -0.39 is 24.7 Å². The van der Waals surface area contributed by atoms with Crippen LogP contribution in [0.4, 0.5) is 4.79 Å². The van der Waals surface area contributed by atoms with E-state index in [-0.39, 0.29) is 122 Å². The first kappa shape index (κ1) is 58.6. The van der Waals surface area contributed by atoms with Crippen LogP contribution in [0.25, 0.3) is 33.1 Å². The van der Waals surface area contributed by atoms with Gasteiger partial charge in [0.15, 0.2) is 0 Å². The Morgan fingerprint density at radius 1 is 0.925 bits per heavy atom. The summed E-state index contributed by atoms with van der Waals surface area (Å²) in [5, 5.41) is 20.2. The molecular weight excluding hydrogens is 923 g/mol. The Balaban J connectivity index is 0.000000494. The number of H-pyrrole nitrogens is 1. The molecule has 0 atom stereocenters. The summed E-state index contributed by atoms with van der Waals surface area (Å²) >= 11 is 0. The number of hydrogen-bond acceptors (Lipinski definition) is 13. The van der Waals surface area contributed by atoms with Crippen LogP contribution in [0.3, 0.4) is 0 Å². The first-order valence-electron chi connectivity index (χ1n) is 20.2. The van der Waals surface area contributed by atoms with E-state index in [0.717, 1.165) is 51.7 Å². The third kappa shape index (κ3) is 19.2. The van der Waals surface area contributed by atoms with Crippen molar-refractivity contribution in [3.8, 4) is 22.7 Å². The largest absolute Gasteiger partial charge is 1.00 e. The quantitative estimate of drug-likeness (QED) is 0.0423. The van der Waals surface area contributed by atoms with Gasteiger partial charge in [0.2, 0.25) is 5.78 Å². The fourth-order valence-electron chi connectivity index (χ4n) is 6.02. The molecule has 0 saturated heterocycles. The number of ether oxygens (including phenoxy) is 1. The first-order valence-corrected chi connectivity index (χ1v) is 23.7. The number of fused-ring (bicyclic) bond motifs is 2. The SMILES string of the molecule is CC(C)(C)OC(=O)n1cc(C(=O)C#C[Si](C)(C)C)c2cnccc21.Cc1ccccc1C/C(N)=C/[N+](=O)[O-].Cc1ccccc1Cc1nccc(-c2c[nH]c3ccncc23)n1.O=CO[O-].[H-].[K+].[K+]. The van der Waals surface area contributed by atoms with E-state index in [9.17, 15) is 19.7 Å². The maximum atomic E-state index is 12.5. The van der Waals surface area contributed by atoms with E-state index in [2.05, 4.69) is 87.1 Å². The number of carbonyl (C=O) groups is 3. The molecule has 0 unspecified atom stereocenters. The van der Waals surface area contributed by atoms with E-state index in [1.54, 1.807) is 45.4 Å². The second-order valence-corrected chi connectivity index (χ2v) is 21.2. The number of benzene rings is 2. The van der Waals surface area contributed by atoms with Gasteiger partial charge in [0.05, 0.1) is 27.4 Å². The number of carbonyl (C=O) groups excluding carboxylic acids is 3. The molecule has 338 valence electrons. The summed E-state index contributed by atoms with van der Waals surface area (Å²) in [6.45, 7) is 15.5. The number of allylic oxidation sites excluding steroid dienone is 1. The van der Waals surface area contributed by atoms with Gasteiger partial charge in [0, 0.05) is 78.1 Å². The van der Waals surface area contributed by atoms with Crippen LogP contribution >= 0.6 is 0 Å². The minimum Gasteiger partial charge on any atom is -1.00 e. The van der Waals surface area contributed by atoms with Crippen LogP contribution in [-0.4, -0.2) is 66.4 Å². The summed E-state index contributed by atoms with van der Waals surface area (Å²) in [7, 11) is -1.66. The number of hydrogen-bond donors (Lipinski definition) is 2. The number of ketones is 1. The second kappa shape index (κ2) is 28.1. The maximum absolute atomic E-state index is 12.5. The van der Waals surface area contributed by atoms with E-state index in [1.807, 2.05) is 61.9 Å². The van der Waals surface area contributed by atoms with Gasteiger partial charge in [-0.3, -0.25) is 34.2 Å². The number of Topliss-reactive ketones (excluding diaryl/α,β-unsaturated/α-hetero) is 1. The predicted octanol–water partition coefficient (Wildman–Crippen LogP) is 1.97. The molecule has 0 spiro atoms. The molecule has 7 rings (SSSR count). The average molecular weight is 975 g/mol. The average Bonchev–Trinajstić information content (AvgIpc) is 3.87. The molecule has 0 aliphatic heterocycles. The Labute approximate surface area is 477 Å². The number of aromatic amines is 1. The fourth-order valence-corrected chi connectivity index (χ4v) is 6.51. The molecule has 5 aromatic heterocycles. The van der Waals surface area contributed by atoms with Gasteiger partial charge in [-0.25, -0.2) is 14.8 Å². The molecule has 67 heavy (non-hydrogen) atoms. The third-order valence-electron chi connectivity index (χ3n) is 9.03. The van der Waals surface area contributed by atoms with Crippen molar-refractivity contribution in [2.75, 3.05) is 0 Å². The number of rotatable bonds is 8. The van der Waals surface area contributed by atoms with Crippen molar-refractivity contribution in [2.45, 2.75) is 72.7 Å². The zero-order valence-electron chi connectivity index (χ0n) is 40.5. The normalized spacial score (nSPS) is 10.7. The van der Waals surface area contributed by atoms with Crippen LogP contribution in [0.15, 0.2) is 122 Å². The van der Waals surface area contributed by atoms with Gasteiger partial charge in [-0.2, -0.15) is 0 Å². The standard InChI is InChI=1S/C19H16N4.C18H22N2O3Si.C10H12N2O2.CH2O3.2K.H/c1-13-4-2-3-5-14(13)10-19-21-9-7-18(23-19)16-12-22-17-6-8-20-11-15(16)17;1-18(2,3)23-17(22)20-12-14(13-11-19-9-7-15(13)20)16(21)8-10-24(4,5)6;1-8-4-2-3-5-9(8)6-10(11)7-12(13)14;2-1-4-3;;;/h2-9,11-12,22H,10H2,1H3;7,9,11-12H,1-6H3;2-5,7H,6,11H2,1H3;1,3H;;;/q;;;;2*+1;-1/p-1/b;;10-7-;;;;. The smallest absolute Gasteiger partial charge is 1.00 e. The van der Waals surface area contributed by atoms with E-state index in [4.69, 9.17) is 25.5 Å². The minimum atomic E-state index is -1.66. The number of nitrogens with two attached hydrogens (primary N) is 1. The van der Waals surface area contributed by atoms with Crippen LogP contribution in [0.5, 0.6) is 0 Å². The van der Waals surface area contributed by atoms with Gasteiger partial charge in [-0.05, 0) is 81.0 Å². The van der Waals surface area contributed by atoms with Crippen LogP contribution in [0.1, 0.15) is 60.6 Å². The predicted molar refractivity (Wildman–Crippen MR) is 250 cm³/mol. The fraction of sp³-hybridized carbons (Fsp3) is 0.229. The summed E-state index contributed by atoms with van der Waals surface area (Å²) in [4.78, 5) is 66.4. The van der Waals surface area contributed by atoms with Crippen molar-refractivity contribution < 1.29 is 138 Å². The second-order valence-electron chi connectivity index (χ2n) is 16.5. The van der Waals surface area contributed by atoms with Crippen LogP contribution < -0.4 is 114 Å². The molecule has 3 N–H and O–H groups in total. The molecule has 5 heterocycles. The van der Waals surface area contributed by atoms with Crippen molar-refractivity contribution in [2.24, 2.45) is 5.73 Å². The number of aryl methyl sites for hydroxylation is 2. The Hall–Kier alpha value is -4.54. The van der Waals surface area contributed by atoms with Gasteiger partial charge in [-0.1, -0.05) is 68.2 Å². The zero-order chi connectivity index (χ0) is 47.7. The number of pyridine rings is 2. The molecule has 0 aliphatic carbocycles. The van der Waals surface area contributed by atoms with E-state index in [0.29, 0.717) is 22.9 Å². The Bertz CT molecular complexity index is 2880. The van der Waals surface area contributed by atoms with Crippen molar-refractivity contribution >= 4 is 48.2 Å². The van der Waals surface area contributed by atoms with Crippen LogP contribution in [0.2, 0.25) is 19.6 Å². The van der Waals surface area contributed by atoms with Gasteiger partial charge < -0.3 is 27.0 Å². The molecule has 0 fully saturated rings. The topological polar surface area (TPSA) is 234 Å². The first-order chi connectivity index (χ1) is 30.8. The number of nitrogens with zero attached hydrogens (tertiary/aromatic N) is 6. The van der Waals surface area contributed by atoms with Crippen molar-refractivity contribution in [3.05, 3.63) is 166 Å². The number of nitro groups is 1. The van der Waals surface area contributed by atoms with Crippen LogP contribution in [-0.2, 0) is 27.3 Å². The summed E-state index contributed by atoms with van der Waals surface area (Å²) < 4.78 is 6.74. The number of aromatic nitrogens is 6. The summed E-state index contributed by atoms with van der Waals surface area (Å²) in [6.07, 6.45) is 13.6. The molecule has 2 aromatic carbocycles. The molecule has 19 heteroatoms. The Morgan fingerprint density at radius 2 is 1.52 bits per heavy atom. The molecule has 0 radical (unpaired) electrons. The molecule has 16 nitrogen and oxygen atoms in total. The molecule has 0 bridgehead atoms. The summed E-state index contributed by atoms with van der Waals surface area (Å²) in [5.41, 5.74) is 16.8. The third-order valence-corrected chi connectivity index (χ3v) is 9.91. The monoisotopic (exact) mass is 974 g/mol. The van der Waals surface area contributed by atoms with Crippen molar-refractivity contribution in [1.82, 2.24) is 29.5 Å². The van der Waals surface area contributed by atoms with E-state index >= 15 is 0 Å². The molecule has 0 amide bonds. The van der Waals surface area contributed by atoms with E-state index in [1.165, 1.54) is 21.9 Å². The van der Waals surface area contributed by atoms with Gasteiger partial charge in [-0.15, -0.1) is 5.54 Å². The maximum Gasteiger partial charge on any atom is 1.00 e. The van der Waals surface area contributed by atoms with Gasteiger partial charge in [0.25, 0.3) is 12.7 Å². The van der Waals surface area contributed by atoms with Gasteiger partial charge >= 0.3 is 109 Å².